The van der Waals surface area contributed by atoms with Gasteiger partial charge in [0, 0.05) is 6.42 Å². The molecule has 2 atom stereocenters. The van der Waals surface area contributed by atoms with Gasteiger partial charge in [-0.15, -0.1) is 0 Å². The molecule has 0 saturated carbocycles. The SMILES string of the molecule is CC/C=C\C/C=C\C/C=C\C/C=C\C/C=C\C/C=C\C/C=C\CCCCCCCCCCCCCCCCCCCCCC(=O)NC(CO)C(O)/C=C/CC/C=C/CCCCCCCCCCCCCCCCCCCCCCCC. The minimum Gasteiger partial charge on any atom is -0.394 e. The second-order valence-electron chi connectivity index (χ2n) is 23.9. The standard InChI is InChI=1S/C77H137NO3/c1-3-5-7-9-11-13-15-17-19-21-23-25-27-29-31-33-34-35-36-37-38-39-40-41-42-43-44-45-47-49-51-53-55-57-59-61-63-65-67-69-71-73-77(81)78-75(74-79)76(80)72-70-68-66-64-62-60-58-56-54-52-50-48-46-32-30-28-26-24-22-20-18-16-14-12-10-8-6-4-2/h5,7,11,13,17,19,23,25,29,31,34-35,37-38,62,64,70,72,75-76,79-80H,3-4,6,8-10,12,14-16,18,20-22,24,26-28,30,32-33,36,39-61,63,65-69,71,73-74H2,1-2H3,(H,78,81)/b7-5-,13-11-,19-17-,25-23-,31-29-,35-34-,38-37-,64-62+,72-70+. The van der Waals surface area contributed by atoms with Gasteiger partial charge in [0.1, 0.15) is 0 Å². The first-order chi connectivity index (χ1) is 40.2. The van der Waals surface area contributed by atoms with Gasteiger partial charge in [0.2, 0.25) is 5.91 Å². The van der Waals surface area contributed by atoms with Crippen LogP contribution >= 0.6 is 0 Å². The second-order valence-corrected chi connectivity index (χ2v) is 23.9. The van der Waals surface area contributed by atoms with Gasteiger partial charge in [0.05, 0.1) is 18.8 Å². The van der Waals surface area contributed by atoms with Crippen LogP contribution in [-0.2, 0) is 4.79 Å². The van der Waals surface area contributed by atoms with E-state index in [4.69, 9.17) is 0 Å². The molecular formula is C77H137NO3. The highest BCUT2D eigenvalue weighted by atomic mass is 16.3. The Labute approximate surface area is 506 Å². The first kappa shape index (κ1) is 78.0. The number of allylic oxidation sites excluding steroid dienone is 17. The molecular weight excluding hydrogens is 987 g/mol. The molecule has 0 rings (SSSR count). The molecule has 0 radical (unpaired) electrons. The first-order valence-corrected chi connectivity index (χ1v) is 35.6. The molecule has 0 aromatic carbocycles. The average molecular weight is 1120 g/mol. The van der Waals surface area contributed by atoms with E-state index in [0.717, 1.165) is 77.0 Å². The molecule has 4 nitrogen and oxygen atoms in total. The predicted molar refractivity (Wildman–Crippen MR) is 363 cm³/mol. The first-order valence-electron chi connectivity index (χ1n) is 35.6. The zero-order chi connectivity index (χ0) is 58.4. The van der Waals surface area contributed by atoms with E-state index in [-0.39, 0.29) is 12.5 Å². The van der Waals surface area contributed by atoms with Gasteiger partial charge in [-0.1, -0.05) is 367 Å². The maximum absolute atomic E-state index is 12.5. The fourth-order valence-corrected chi connectivity index (χ4v) is 10.7. The molecule has 0 aromatic heterocycles. The van der Waals surface area contributed by atoms with Crippen molar-refractivity contribution in [2.75, 3.05) is 6.61 Å². The maximum atomic E-state index is 12.5. The molecule has 0 saturated heterocycles. The van der Waals surface area contributed by atoms with Crippen LogP contribution in [0.1, 0.15) is 354 Å². The highest BCUT2D eigenvalue weighted by Gasteiger charge is 2.18. The molecule has 0 aliphatic heterocycles. The molecule has 1 amide bonds. The Morgan fingerprint density at radius 1 is 0.309 bits per heavy atom. The van der Waals surface area contributed by atoms with Crippen LogP contribution in [0.4, 0.5) is 0 Å². The van der Waals surface area contributed by atoms with Gasteiger partial charge in [-0.2, -0.15) is 0 Å². The van der Waals surface area contributed by atoms with Crippen LogP contribution in [0, 0.1) is 0 Å². The van der Waals surface area contributed by atoms with Crippen molar-refractivity contribution >= 4 is 5.91 Å². The van der Waals surface area contributed by atoms with E-state index in [1.165, 1.54) is 257 Å². The summed E-state index contributed by atoms with van der Waals surface area (Å²) in [5, 5.41) is 23.3. The average Bonchev–Trinajstić information content (AvgIpc) is 3.47. The lowest BCUT2D eigenvalue weighted by atomic mass is 10.0. The summed E-state index contributed by atoms with van der Waals surface area (Å²) in [4.78, 5) is 12.5. The number of unbranched alkanes of at least 4 members (excludes halogenated alkanes) is 42. The van der Waals surface area contributed by atoms with Crippen molar-refractivity contribution in [3.8, 4) is 0 Å². The Morgan fingerprint density at radius 2 is 0.556 bits per heavy atom. The summed E-state index contributed by atoms with van der Waals surface area (Å²) in [6.45, 7) is 4.21. The molecule has 0 aliphatic rings. The number of carbonyl (C=O) groups excluding carboxylic acids is 1. The van der Waals surface area contributed by atoms with E-state index in [1.807, 2.05) is 6.08 Å². The number of amides is 1. The highest BCUT2D eigenvalue weighted by molar-refractivity contribution is 5.76. The van der Waals surface area contributed by atoms with Crippen LogP contribution in [0.15, 0.2) is 109 Å². The van der Waals surface area contributed by atoms with Crippen LogP contribution in [0.3, 0.4) is 0 Å². The fraction of sp³-hybridized carbons (Fsp3) is 0.753. The minimum atomic E-state index is -0.868. The van der Waals surface area contributed by atoms with Crippen molar-refractivity contribution < 1.29 is 15.0 Å². The van der Waals surface area contributed by atoms with Gasteiger partial charge < -0.3 is 15.5 Å². The molecule has 3 N–H and O–H groups in total. The van der Waals surface area contributed by atoms with Crippen molar-refractivity contribution in [3.63, 3.8) is 0 Å². The van der Waals surface area contributed by atoms with E-state index in [9.17, 15) is 15.0 Å². The maximum Gasteiger partial charge on any atom is 0.220 e. The Morgan fingerprint density at radius 3 is 0.864 bits per heavy atom. The number of aliphatic hydroxyl groups is 2. The summed E-state index contributed by atoms with van der Waals surface area (Å²) in [6.07, 6.45) is 108. The van der Waals surface area contributed by atoms with Crippen LogP contribution in [0.5, 0.6) is 0 Å². The summed E-state index contributed by atoms with van der Waals surface area (Å²) in [6, 6.07) is -0.645. The molecule has 0 fully saturated rings. The fourth-order valence-electron chi connectivity index (χ4n) is 10.7. The van der Waals surface area contributed by atoms with Crippen LogP contribution in [0.2, 0.25) is 0 Å². The van der Waals surface area contributed by atoms with Gasteiger partial charge in [0.25, 0.3) is 0 Å². The third kappa shape index (κ3) is 67.7. The van der Waals surface area contributed by atoms with Crippen LogP contribution in [-0.4, -0.2) is 34.9 Å². The smallest absolute Gasteiger partial charge is 0.220 e. The third-order valence-corrected chi connectivity index (χ3v) is 16.0. The second kappa shape index (κ2) is 71.3. The quantitative estimate of drug-likeness (QED) is 0.0420. The summed E-state index contributed by atoms with van der Waals surface area (Å²) in [5.74, 6) is -0.0707. The molecule has 468 valence electrons. The van der Waals surface area contributed by atoms with E-state index >= 15 is 0 Å². The van der Waals surface area contributed by atoms with Gasteiger partial charge in [-0.05, 0) is 89.9 Å². The molecule has 0 bridgehead atoms. The molecule has 0 aliphatic carbocycles. The predicted octanol–water partition coefficient (Wildman–Crippen LogP) is 24.5. The summed E-state index contributed by atoms with van der Waals surface area (Å²) < 4.78 is 0. The number of hydrogen-bond donors (Lipinski definition) is 3. The number of hydrogen-bond acceptors (Lipinski definition) is 3. The van der Waals surface area contributed by atoms with Gasteiger partial charge in [-0.25, -0.2) is 0 Å². The molecule has 0 spiro atoms. The van der Waals surface area contributed by atoms with Crippen molar-refractivity contribution in [2.24, 2.45) is 0 Å². The number of carbonyl (C=O) groups is 1. The summed E-state index contributed by atoms with van der Waals surface area (Å²) in [5.41, 5.74) is 0. The van der Waals surface area contributed by atoms with Crippen LogP contribution in [0.25, 0.3) is 0 Å². The van der Waals surface area contributed by atoms with Gasteiger partial charge in [-0.3, -0.25) is 4.79 Å². The summed E-state index contributed by atoms with van der Waals surface area (Å²) in [7, 11) is 0. The molecule has 2 unspecified atom stereocenters. The van der Waals surface area contributed by atoms with Gasteiger partial charge in [0.15, 0.2) is 0 Å². The number of rotatable bonds is 65. The van der Waals surface area contributed by atoms with Gasteiger partial charge >= 0.3 is 0 Å². The Bertz CT molecular complexity index is 1510. The zero-order valence-corrected chi connectivity index (χ0v) is 54.0. The molecule has 4 heteroatoms. The van der Waals surface area contributed by atoms with E-state index < -0.39 is 12.1 Å². The Kier molecular flexibility index (Phi) is 68.7. The lowest BCUT2D eigenvalue weighted by molar-refractivity contribution is -0.123. The lowest BCUT2D eigenvalue weighted by Crippen LogP contribution is -2.45. The highest BCUT2D eigenvalue weighted by Crippen LogP contribution is 2.18. The van der Waals surface area contributed by atoms with Crippen molar-refractivity contribution in [1.82, 2.24) is 5.32 Å². The van der Waals surface area contributed by atoms with Crippen LogP contribution < -0.4 is 5.32 Å². The zero-order valence-electron chi connectivity index (χ0n) is 54.0. The third-order valence-electron chi connectivity index (χ3n) is 16.0. The Balaban J connectivity index is 3.49. The Hall–Kier alpha value is -2.95. The van der Waals surface area contributed by atoms with E-state index in [2.05, 4.69) is 116 Å². The topological polar surface area (TPSA) is 69.6 Å². The van der Waals surface area contributed by atoms with E-state index in [0.29, 0.717) is 6.42 Å². The lowest BCUT2D eigenvalue weighted by Gasteiger charge is -2.19. The largest absolute Gasteiger partial charge is 0.394 e. The number of aliphatic hydroxyl groups excluding tert-OH is 2. The molecule has 81 heavy (non-hydrogen) atoms. The molecule has 0 heterocycles. The summed E-state index contributed by atoms with van der Waals surface area (Å²) >= 11 is 0. The normalized spacial score (nSPS) is 13.4. The van der Waals surface area contributed by atoms with Crippen molar-refractivity contribution in [2.45, 2.75) is 366 Å². The van der Waals surface area contributed by atoms with Crippen molar-refractivity contribution in [1.29, 1.82) is 0 Å². The molecule has 0 aromatic rings. The monoisotopic (exact) mass is 1120 g/mol. The van der Waals surface area contributed by atoms with E-state index in [1.54, 1.807) is 6.08 Å². The minimum absolute atomic E-state index is 0.0707. The van der Waals surface area contributed by atoms with Crippen molar-refractivity contribution in [3.05, 3.63) is 109 Å². The number of nitrogens with one attached hydrogen (secondary N) is 1.